The van der Waals surface area contributed by atoms with Crippen LogP contribution in [0.4, 0.5) is 0 Å². The lowest BCUT2D eigenvalue weighted by atomic mass is 10.1. The van der Waals surface area contributed by atoms with Gasteiger partial charge in [-0.05, 0) is 12.5 Å². The first-order chi connectivity index (χ1) is 9.65. The molecule has 106 valence electrons. The summed E-state index contributed by atoms with van der Waals surface area (Å²) in [4.78, 5) is 15.4. The Morgan fingerprint density at radius 1 is 1.40 bits per heavy atom. The van der Waals surface area contributed by atoms with E-state index in [2.05, 4.69) is 15.5 Å². The van der Waals surface area contributed by atoms with E-state index in [4.69, 9.17) is 9.63 Å². The minimum atomic E-state index is -1.01. The molecule has 0 unspecified atom stereocenters. The van der Waals surface area contributed by atoms with E-state index in [1.54, 1.807) is 0 Å². The molecule has 0 radical (unpaired) electrons. The summed E-state index contributed by atoms with van der Waals surface area (Å²) < 4.78 is 5.10. The molecule has 0 aliphatic heterocycles. The smallest absolute Gasteiger partial charge is 0.248 e. The monoisotopic (exact) mass is 275 g/mol. The van der Waals surface area contributed by atoms with Crippen LogP contribution in [-0.4, -0.2) is 33.8 Å². The summed E-state index contributed by atoms with van der Waals surface area (Å²) in [6.45, 7) is 1.77. The molecule has 0 fully saturated rings. The number of rotatable bonds is 6. The van der Waals surface area contributed by atoms with Crippen LogP contribution in [0.1, 0.15) is 24.2 Å². The number of carbonyl (C=O) groups excluding carboxylic acids is 1. The van der Waals surface area contributed by atoms with Crippen LogP contribution in [0.2, 0.25) is 0 Å². The molecule has 0 spiro atoms. The van der Waals surface area contributed by atoms with Gasteiger partial charge in [0.1, 0.15) is 6.10 Å². The van der Waals surface area contributed by atoms with Crippen molar-refractivity contribution in [2.75, 3.05) is 6.54 Å². The quantitative estimate of drug-likeness (QED) is 0.810. The van der Waals surface area contributed by atoms with Gasteiger partial charge in [-0.25, -0.2) is 0 Å². The first-order valence-electron chi connectivity index (χ1n) is 6.46. The second-order valence-corrected chi connectivity index (χ2v) is 4.48. The third-order valence-corrected chi connectivity index (χ3v) is 2.73. The van der Waals surface area contributed by atoms with Crippen LogP contribution in [0, 0.1) is 0 Å². The van der Waals surface area contributed by atoms with Gasteiger partial charge in [0.2, 0.25) is 11.8 Å². The molecule has 2 N–H and O–H groups in total. The molecule has 0 aliphatic carbocycles. The lowest BCUT2D eigenvalue weighted by Crippen LogP contribution is -2.33. The largest absolute Gasteiger partial charge is 0.384 e. The van der Waals surface area contributed by atoms with E-state index in [0.29, 0.717) is 31.1 Å². The highest BCUT2D eigenvalue weighted by Crippen LogP contribution is 2.06. The van der Waals surface area contributed by atoms with E-state index in [1.807, 2.05) is 30.3 Å². The van der Waals surface area contributed by atoms with Crippen molar-refractivity contribution in [3.05, 3.63) is 47.6 Å². The number of aliphatic hydroxyl groups excluding tert-OH is 1. The van der Waals surface area contributed by atoms with Gasteiger partial charge in [0, 0.05) is 19.4 Å². The topological polar surface area (TPSA) is 88.2 Å². The summed E-state index contributed by atoms with van der Waals surface area (Å²) >= 11 is 0. The van der Waals surface area contributed by atoms with E-state index in [1.165, 1.54) is 6.92 Å². The van der Waals surface area contributed by atoms with Gasteiger partial charge >= 0.3 is 0 Å². The maximum absolute atomic E-state index is 11.2. The fourth-order valence-corrected chi connectivity index (χ4v) is 1.68. The molecular formula is C14H17N3O3. The molecule has 6 nitrogen and oxygen atoms in total. The van der Waals surface area contributed by atoms with Gasteiger partial charge in [-0.2, -0.15) is 4.98 Å². The summed E-state index contributed by atoms with van der Waals surface area (Å²) in [6, 6.07) is 9.87. The lowest BCUT2D eigenvalue weighted by molar-refractivity contribution is -0.128. The number of aromatic nitrogens is 2. The number of nitrogens with one attached hydrogen (secondary N) is 1. The van der Waals surface area contributed by atoms with Gasteiger partial charge in [0.15, 0.2) is 5.82 Å². The highest BCUT2D eigenvalue weighted by Gasteiger charge is 2.10. The SMILES string of the molecule is C[C@H](O)C(=O)NCCc1nc(Cc2ccccc2)no1. The number of benzene rings is 1. The molecule has 0 saturated heterocycles. The molecule has 1 atom stereocenters. The third-order valence-electron chi connectivity index (χ3n) is 2.73. The molecule has 6 heteroatoms. The first-order valence-corrected chi connectivity index (χ1v) is 6.46. The molecule has 1 aromatic carbocycles. The third kappa shape index (κ3) is 4.17. The van der Waals surface area contributed by atoms with Gasteiger partial charge in [0.25, 0.3) is 0 Å². The van der Waals surface area contributed by atoms with E-state index < -0.39 is 12.0 Å². The van der Waals surface area contributed by atoms with Gasteiger partial charge in [0.05, 0.1) is 0 Å². The Balaban J connectivity index is 1.82. The van der Waals surface area contributed by atoms with Crippen LogP contribution in [0.3, 0.4) is 0 Å². The van der Waals surface area contributed by atoms with Crippen molar-refractivity contribution >= 4 is 5.91 Å². The van der Waals surface area contributed by atoms with Crippen molar-refractivity contribution in [3.8, 4) is 0 Å². The molecule has 0 bridgehead atoms. The summed E-state index contributed by atoms with van der Waals surface area (Å²) in [6.07, 6.45) is 0.0521. The van der Waals surface area contributed by atoms with E-state index in [-0.39, 0.29) is 0 Å². The molecule has 2 aromatic rings. The second kappa shape index (κ2) is 6.81. The molecule has 0 saturated carbocycles. The van der Waals surface area contributed by atoms with Gasteiger partial charge < -0.3 is 14.9 Å². The normalized spacial score (nSPS) is 12.1. The Bertz CT molecular complexity index is 552. The van der Waals surface area contributed by atoms with Crippen molar-refractivity contribution in [2.45, 2.75) is 25.9 Å². The summed E-state index contributed by atoms with van der Waals surface area (Å²) in [5.41, 5.74) is 1.11. The fourth-order valence-electron chi connectivity index (χ4n) is 1.68. The van der Waals surface area contributed by atoms with Crippen LogP contribution in [-0.2, 0) is 17.6 Å². The first kappa shape index (κ1) is 14.2. The minimum absolute atomic E-state index is 0.358. The minimum Gasteiger partial charge on any atom is -0.384 e. The van der Waals surface area contributed by atoms with Crippen molar-refractivity contribution in [2.24, 2.45) is 0 Å². The van der Waals surface area contributed by atoms with Crippen LogP contribution in [0.25, 0.3) is 0 Å². The number of aliphatic hydroxyl groups is 1. The summed E-state index contributed by atoms with van der Waals surface area (Å²) in [5.74, 6) is 0.684. The van der Waals surface area contributed by atoms with Crippen molar-refractivity contribution in [1.82, 2.24) is 15.5 Å². The van der Waals surface area contributed by atoms with E-state index in [9.17, 15) is 4.79 Å². The molecule has 1 aromatic heterocycles. The number of carbonyl (C=O) groups is 1. The van der Waals surface area contributed by atoms with Crippen LogP contribution in [0.15, 0.2) is 34.9 Å². The van der Waals surface area contributed by atoms with Crippen molar-refractivity contribution in [1.29, 1.82) is 0 Å². The van der Waals surface area contributed by atoms with Crippen LogP contribution < -0.4 is 5.32 Å². The molecule has 20 heavy (non-hydrogen) atoms. The van der Waals surface area contributed by atoms with Crippen LogP contribution >= 0.6 is 0 Å². The van der Waals surface area contributed by atoms with Crippen LogP contribution in [0.5, 0.6) is 0 Å². The van der Waals surface area contributed by atoms with Gasteiger partial charge in [-0.1, -0.05) is 35.5 Å². The Labute approximate surface area is 116 Å². The average Bonchev–Trinajstić information content (AvgIpc) is 2.87. The summed E-state index contributed by atoms with van der Waals surface area (Å²) in [7, 11) is 0. The fraction of sp³-hybridized carbons (Fsp3) is 0.357. The van der Waals surface area contributed by atoms with E-state index >= 15 is 0 Å². The number of hydrogen-bond acceptors (Lipinski definition) is 5. The second-order valence-electron chi connectivity index (χ2n) is 4.48. The molecule has 1 amide bonds. The highest BCUT2D eigenvalue weighted by molar-refractivity contribution is 5.79. The maximum atomic E-state index is 11.2. The zero-order chi connectivity index (χ0) is 14.4. The zero-order valence-corrected chi connectivity index (χ0v) is 11.2. The highest BCUT2D eigenvalue weighted by atomic mass is 16.5. The standard InChI is InChI=1S/C14H17N3O3/c1-10(18)14(19)15-8-7-13-16-12(17-20-13)9-11-5-3-2-4-6-11/h2-6,10,18H,7-9H2,1H3,(H,15,19)/t10-/m0/s1. The molecule has 1 heterocycles. The maximum Gasteiger partial charge on any atom is 0.248 e. The zero-order valence-electron chi connectivity index (χ0n) is 11.2. The Kier molecular flexibility index (Phi) is 4.84. The number of amides is 1. The lowest BCUT2D eigenvalue weighted by Gasteiger charge is -2.04. The Morgan fingerprint density at radius 3 is 2.85 bits per heavy atom. The predicted octanol–water partition coefficient (Wildman–Crippen LogP) is 0.700. The Morgan fingerprint density at radius 2 is 2.15 bits per heavy atom. The number of nitrogens with zero attached hydrogens (tertiary/aromatic N) is 2. The average molecular weight is 275 g/mol. The summed E-state index contributed by atoms with van der Waals surface area (Å²) in [5, 5.41) is 15.5. The molecule has 2 rings (SSSR count). The molecule has 0 aliphatic rings. The Hall–Kier alpha value is -2.21. The predicted molar refractivity (Wildman–Crippen MR) is 71.9 cm³/mol. The van der Waals surface area contributed by atoms with E-state index in [0.717, 1.165) is 5.56 Å². The van der Waals surface area contributed by atoms with Crippen molar-refractivity contribution in [3.63, 3.8) is 0 Å². The van der Waals surface area contributed by atoms with Gasteiger partial charge in [-0.15, -0.1) is 0 Å². The molecular weight excluding hydrogens is 258 g/mol. The van der Waals surface area contributed by atoms with Gasteiger partial charge in [-0.3, -0.25) is 4.79 Å². The number of hydrogen-bond donors (Lipinski definition) is 2. The van der Waals surface area contributed by atoms with Crippen molar-refractivity contribution < 1.29 is 14.4 Å².